The quantitative estimate of drug-likeness (QED) is 0.414. The van der Waals surface area contributed by atoms with E-state index in [9.17, 15) is 4.79 Å². The van der Waals surface area contributed by atoms with Gasteiger partial charge in [0.15, 0.2) is 5.78 Å². The number of nitrogens with zero attached hydrogens (tertiary/aromatic N) is 1. The van der Waals surface area contributed by atoms with Crippen LogP contribution in [0.15, 0.2) is 85.1 Å². The third-order valence-corrected chi connectivity index (χ3v) is 5.35. The number of hydrogen-bond acceptors (Lipinski definition) is 3. The van der Waals surface area contributed by atoms with Crippen molar-refractivity contribution < 1.29 is 4.79 Å². The molecule has 0 saturated heterocycles. The van der Waals surface area contributed by atoms with Crippen LogP contribution in [0, 0.1) is 0 Å². The second-order valence-corrected chi connectivity index (χ2v) is 7.84. The average Bonchev–Trinajstić information content (AvgIpc) is 3.19. The molecule has 0 aliphatic carbocycles. The van der Waals surface area contributed by atoms with Crippen LogP contribution in [0.1, 0.15) is 33.1 Å². The van der Waals surface area contributed by atoms with Gasteiger partial charge < -0.3 is 9.88 Å². The van der Waals surface area contributed by atoms with Crippen LogP contribution in [0.4, 0.5) is 0 Å². The fraction of sp³-hybridized carbons (Fsp3) is 0.192. The Balaban J connectivity index is 1.64. The molecule has 3 aromatic carbocycles. The number of hydrogen-bond donors (Lipinski definition) is 2. The standard InChI is InChI=1S/C26H27N3O/c1-29(2)18-21-13-7-6-12-20(21)16-28-25(19-10-4-3-5-11-19)26(30)23-17-27-24-15-9-8-14-22(23)24/h3-15,17,25,27-28H,16,18H2,1-2H3/t25-/m1/s1. The van der Waals surface area contributed by atoms with Crippen molar-refractivity contribution >= 4 is 16.7 Å². The Labute approximate surface area is 177 Å². The molecule has 0 unspecified atom stereocenters. The summed E-state index contributed by atoms with van der Waals surface area (Å²) in [4.78, 5) is 19.0. The van der Waals surface area contributed by atoms with Crippen LogP contribution in [0.25, 0.3) is 10.9 Å². The van der Waals surface area contributed by atoms with E-state index in [1.807, 2.05) is 60.8 Å². The summed E-state index contributed by atoms with van der Waals surface area (Å²) < 4.78 is 0. The van der Waals surface area contributed by atoms with Gasteiger partial charge in [0, 0.05) is 35.8 Å². The van der Waals surface area contributed by atoms with Gasteiger partial charge in [0.2, 0.25) is 0 Å². The molecular weight excluding hydrogens is 370 g/mol. The van der Waals surface area contributed by atoms with Crippen molar-refractivity contribution in [1.82, 2.24) is 15.2 Å². The molecule has 0 fully saturated rings. The topological polar surface area (TPSA) is 48.1 Å². The highest BCUT2D eigenvalue weighted by molar-refractivity contribution is 6.10. The number of ketones is 1. The molecule has 1 atom stereocenters. The van der Waals surface area contributed by atoms with E-state index in [0.717, 1.165) is 23.0 Å². The number of carbonyl (C=O) groups is 1. The normalized spacial score (nSPS) is 12.4. The maximum Gasteiger partial charge on any atom is 0.186 e. The minimum atomic E-state index is -0.419. The molecule has 1 aromatic heterocycles. The third kappa shape index (κ3) is 4.35. The molecule has 30 heavy (non-hydrogen) atoms. The molecule has 4 heteroatoms. The van der Waals surface area contributed by atoms with E-state index in [1.54, 1.807) is 0 Å². The number of rotatable bonds is 8. The summed E-state index contributed by atoms with van der Waals surface area (Å²) >= 11 is 0. The fourth-order valence-corrected chi connectivity index (χ4v) is 3.88. The first-order valence-electron chi connectivity index (χ1n) is 10.2. The van der Waals surface area contributed by atoms with Gasteiger partial charge in [0.25, 0.3) is 0 Å². The molecule has 0 radical (unpaired) electrons. The van der Waals surface area contributed by atoms with Crippen molar-refractivity contribution in [3.8, 4) is 0 Å². The van der Waals surface area contributed by atoms with Crippen molar-refractivity contribution in [3.63, 3.8) is 0 Å². The number of fused-ring (bicyclic) bond motifs is 1. The lowest BCUT2D eigenvalue weighted by Gasteiger charge is -2.20. The van der Waals surface area contributed by atoms with Crippen LogP contribution in [0.3, 0.4) is 0 Å². The maximum atomic E-state index is 13.6. The van der Waals surface area contributed by atoms with E-state index in [4.69, 9.17) is 0 Å². The number of para-hydroxylation sites is 1. The largest absolute Gasteiger partial charge is 0.360 e. The van der Waals surface area contributed by atoms with Gasteiger partial charge in [-0.15, -0.1) is 0 Å². The molecule has 0 bridgehead atoms. The van der Waals surface area contributed by atoms with Gasteiger partial charge in [-0.2, -0.15) is 0 Å². The van der Waals surface area contributed by atoms with Crippen LogP contribution < -0.4 is 5.32 Å². The van der Waals surface area contributed by atoms with E-state index in [0.29, 0.717) is 12.1 Å². The second kappa shape index (κ2) is 9.08. The molecule has 4 aromatic rings. The molecule has 2 N–H and O–H groups in total. The summed E-state index contributed by atoms with van der Waals surface area (Å²) in [5.41, 5.74) is 5.13. The van der Waals surface area contributed by atoms with E-state index >= 15 is 0 Å². The van der Waals surface area contributed by atoms with Crippen LogP contribution in [-0.2, 0) is 13.1 Å². The zero-order valence-corrected chi connectivity index (χ0v) is 17.4. The summed E-state index contributed by atoms with van der Waals surface area (Å²) in [6, 6.07) is 25.9. The van der Waals surface area contributed by atoms with E-state index in [2.05, 4.69) is 53.6 Å². The Morgan fingerprint density at radius 3 is 2.33 bits per heavy atom. The number of aromatic nitrogens is 1. The SMILES string of the molecule is CN(C)Cc1ccccc1CN[C@@H](C(=O)c1c[nH]c2ccccc12)c1ccccc1. The van der Waals surface area contributed by atoms with Gasteiger partial charge in [-0.3, -0.25) is 10.1 Å². The Kier molecular flexibility index (Phi) is 6.07. The first-order valence-corrected chi connectivity index (χ1v) is 10.2. The molecule has 0 aliphatic rings. The maximum absolute atomic E-state index is 13.6. The number of Topliss-reactive ketones (excluding diaryl/α,β-unsaturated/α-hetero) is 1. The molecule has 0 aliphatic heterocycles. The number of H-pyrrole nitrogens is 1. The summed E-state index contributed by atoms with van der Waals surface area (Å²) in [6.07, 6.45) is 1.82. The smallest absolute Gasteiger partial charge is 0.186 e. The van der Waals surface area contributed by atoms with Crippen molar-refractivity contribution in [2.24, 2.45) is 0 Å². The van der Waals surface area contributed by atoms with Gasteiger partial charge in [-0.1, -0.05) is 72.8 Å². The number of aromatic amines is 1. The number of benzene rings is 3. The molecule has 1 heterocycles. The molecule has 152 valence electrons. The Bertz CT molecular complexity index is 1130. The predicted molar refractivity (Wildman–Crippen MR) is 122 cm³/mol. The van der Waals surface area contributed by atoms with Crippen molar-refractivity contribution in [2.75, 3.05) is 14.1 Å². The Morgan fingerprint density at radius 1 is 0.900 bits per heavy atom. The zero-order valence-electron chi connectivity index (χ0n) is 17.4. The highest BCUT2D eigenvalue weighted by atomic mass is 16.1. The summed E-state index contributed by atoms with van der Waals surface area (Å²) in [5.74, 6) is 0.0729. The first kappa shape index (κ1) is 20.1. The van der Waals surface area contributed by atoms with E-state index in [1.165, 1.54) is 11.1 Å². The minimum absolute atomic E-state index is 0.0729. The van der Waals surface area contributed by atoms with Crippen molar-refractivity contribution in [3.05, 3.63) is 107 Å². The lowest BCUT2D eigenvalue weighted by molar-refractivity contribution is 0.0943. The lowest BCUT2D eigenvalue weighted by Crippen LogP contribution is -2.29. The molecule has 4 rings (SSSR count). The predicted octanol–water partition coefficient (Wildman–Crippen LogP) is 4.94. The van der Waals surface area contributed by atoms with Crippen LogP contribution in [-0.4, -0.2) is 29.8 Å². The van der Waals surface area contributed by atoms with Crippen LogP contribution >= 0.6 is 0 Å². The van der Waals surface area contributed by atoms with E-state index in [-0.39, 0.29) is 5.78 Å². The highest BCUT2D eigenvalue weighted by Crippen LogP contribution is 2.25. The van der Waals surface area contributed by atoms with Crippen LogP contribution in [0.5, 0.6) is 0 Å². The summed E-state index contributed by atoms with van der Waals surface area (Å²) in [7, 11) is 4.13. The second-order valence-electron chi connectivity index (χ2n) is 7.84. The van der Waals surface area contributed by atoms with Crippen molar-refractivity contribution in [1.29, 1.82) is 0 Å². The fourth-order valence-electron chi connectivity index (χ4n) is 3.88. The molecule has 4 nitrogen and oxygen atoms in total. The average molecular weight is 398 g/mol. The van der Waals surface area contributed by atoms with Gasteiger partial charge in [-0.25, -0.2) is 0 Å². The van der Waals surface area contributed by atoms with Gasteiger partial charge in [0.05, 0.1) is 6.04 Å². The zero-order chi connectivity index (χ0) is 20.9. The van der Waals surface area contributed by atoms with Gasteiger partial charge in [-0.05, 0) is 36.9 Å². The monoisotopic (exact) mass is 397 g/mol. The van der Waals surface area contributed by atoms with E-state index < -0.39 is 6.04 Å². The molecular formula is C26H27N3O. The summed E-state index contributed by atoms with van der Waals surface area (Å²) in [5, 5.41) is 4.49. The third-order valence-electron chi connectivity index (χ3n) is 5.35. The van der Waals surface area contributed by atoms with Crippen molar-refractivity contribution in [2.45, 2.75) is 19.1 Å². The highest BCUT2D eigenvalue weighted by Gasteiger charge is 2.24. The Morgan fingerprint density at radius 2 is 1.57 bits per heavy atom. The molecule has 0 saturated carbocycles. The lowest BCUT2D eigenvalue weighted by atomic mass is 9.96. The summed E-state index contributed by atoms with van der Waals surface area (Å²) in [6.45, 7) is 1.49. The Hall–Kier alpha value is -3.21. The van der Waals surface area contributed by atoms with Gasteiger partial charge in [0.1, 0.15) is 0 Å². The molecule has 0 spiro atoms. The number of carbonyl (C=O) groups excluding carboxylic acids is 1. The first-order chi connectivity index (χ1) is 14.6. The van der Waals surface area contributed by atoms with Gasteiger partial charge >= 0.3 is 0 Å². The number of nitrogens with one attached hydrogen (secondary N) is 2. The minimum Gasteiger partial charge on any atom is -0.360 e. The van der Waals surface area contributed by atoms with Crippen LogP contribution in [0.2, 0.25) is 0 Å². The molecule has 0 amide bonds.